The zero-order valence-electron chi connectivity index (χ0n) is 10.3. The quantitative estimate of drug-likeness (QED) is 0.693. The first-order valence-electron chi connectivity index (χ1n) is 5.89. The number of hydrogen-bond acceptors (Lipinski definition) is 3. The van der Waals surface area contributed by atoms with E-state index in [-0.39, 0.29) is 0 Å². The molecular weight excluding hydrogens is 260 g/mol. The Hall–Kier alpha value is -2.13. The van der Waals surface area contributed by atoms with Crippen molar-refractivity contribution in [1.29, 1.82) is 0 Å². The number of benzene rings is 2. The summed E-state index contributed by atoms with van der Waals surface area (Å²) in [6, 6.07) is 14.9. The lowest BCUT2D eigenvalue weighted by Crippen LogP contribution is -1.95. The van der Waals surface area contributed by atoms with Gasteiger partial charge in [-0.3, -0.25) is 0 Å². The number of para-hydroxylation sites is 2. The number of nitrogens with zero attached hydrogens (tertiary/aromatic N) is 2. The van der Waals surface area contributed by atoms with Crippen molar-refractivity contribution in [3.8, 4) is 11.6 Å². The average Bonchev–Trinajstić information content (AvgIpc) is 2.40. The second-order valence-corrected chi connectivity index (χ2v) is 4.60. The second kappa shape index (κ2) is 4.86. The molecule has 0 aliphatic carbocycles. The van der Waals surface area contributed by atoms with E-state index in [1.54, 1.807) is 12.1 Å². The molecule has 1 aromatic heterocycles. The van der Waals surface area contributed by atoms with Gasteiger partial charge in [0, 0.05) is 5.02 Å². The molecule has 3 nitrogen and oxygen atoms in total. The third kappa shape index (κ3) is 2.51. The summed E-state index contributed by atoms with van der Waals surface area (Å²) >= 11 is 5.93. The van der Waals surface area contributed by atoms with Crippen LogP contribution in [0.1, 0.15) is 5.69 Å². The van der Waals surface area contributed by atoms with Crippen molar-refractivity contribution < 1.29 is 4.74 Å². The minimum Gasteiger partial charge on any atom is -0.437 e. The molecule has 0 radical (unpaired) electrons. The summed E-state index contributed by atoms with van der Waals surface area (Å²) in [4.78, 5) is 8.95. The molecule has 3 aromatic rings. The van der Waals surface area contributed by atoms with Crippen molar-refractivity contribution in [1.82, 2.24) is 9.97 Å². The third-order valence-electron chi connectivity index (χ3n) is 2.71. The largest absolute Gasteiger partial charge is 0.437 e. The average molecular weight is 271 g/mol. The topological polar surface area (TPSA) is 35.0 Å². The number of aromatic nitrogens is 2. The molecule has 1 heterocycles. The summed E-state index contributed by atoms with van der Waals surface area (Å²) in [6.45, 7) is 1.87. The number of halogens is 1. The van der Waals surface area contributed by atoms with E-state index in [9.17, 15) is 0 Å². The van der Waals surface area contributed by atoms with E-state index in [0.29, 0.717) is 16.7 Å². The van der Waals surface area contributed by atoms with Gasteiger partial charge in [-0.2, -0.15) is 0 Å². The van der Waals surface area contributed by atoms with Crippen molar-refractivity contribution in [2.75, 3.05) is 0 Å². The molecule has 0 amide bonds. The van der Waals surface area contributed by atoms with Crippen LogP contribution in [0.2, 0.25) is 5.02 Å². The highest BCUT2D eigenvalue weighted by atomic mass is 35.5. The molecule has 94 valence electrons. The SMILES string of the molecule is Cc1nc2ccccc2nc1Oc1cccc(Cl)c1. The molecule has 0 saturated carbocycles. The molecule has 2 aromatic carbocycles. The predicted octanol–water partition coefficient (Wildman–Crippen LogP) is 4.38. The maximum Gasteiger partial charge on any atom is 0.241 e. The first-order valence-corrected chi connectivity index (χ1v) is 6.27. The van der Waals surface area contributed by atoms with Gasteiger partial charge in [-0.05, 0) is 37.3 Å². The van der Waals surface area contributed by atoms with Crippen molar-refractivity contribution in [3.63, 3.8) is 0 Å². The van der Waals surface area contributed by atoms with Gasteiger partial charge < -0.3 is 4.74 Å². The Morgan fingerprint density at radius 1 is 0.947 bits per heavy atom. The van der Waals surface area contributed by atoms with E-state index >= 15 is 0 Å². The van der Waals surface area contributed by atoms with Crippen LogP contribution in [0.25, 0.3) is 11.0 Å². The molecular formula is C15H11ClN2O. The minimum absolute atomic E-state index is 0.501. The van der Waals surface area contributed by atoms with Gasteiger partial charge in [-0.1, -0.05) is 29.8 Å². The van der Waals surface area contributed by atoms with E-state index in [4.69, 9.17) is 16.3 Å². The summed E-state index contributed by atoms with van der Waals surface area (Å²) in [5.41, 5.74) is 2.42. The third-order valence-corrected chi connectivity index (χ3v) is 2.95. The van der Waals surface area contributed by atoms with E-state index in [2.05, 4.69) is 9.97 Å². The standard InChI is InChI=1S/C15H11ClN2O/c1-10-15(19-12-6-4-5-11(16)9-12)18-14-8-3-2-7-13(14)17-10/h2-9H,1H3. The fourth-order valence-corrected chi connectivity index (χ4v) is 1.99. The van der Waals surface area contributed by atoms with Gasteiger partial charge in [0.2, 0.25) is 5.88 Å². The van der Waals surface area contributed by atoms with Crippen LogP contribution < -0.4 is 4.74 Å². The fraction of sp³-hybridized carbons (Fsp3) is 0.0667. The van der Waals surface area contributed by atoms with Crippen LogP contribution in [0.4, 0.5) is 0 Å². The molecule has 0 aliphatic rings. The van der Waals surface area contributed by atoms with Crippen molar-refractivity contribution in [2.45, 2.75) is 6.92 Å². The summed E-state index contributed by atoms with van der Waals surface area (Å²) in [5, 5.41) is 0.629. The van der Waals surface area contributed by atoms with E-state index in [1.165, 1.54) is 0 Å². The maximum absolute atomic E-state index is 5.93. The molecule has 3 rings (SSSR count). The number of aryl methyl sites for hydroxylation is 1. The molecule has 0 saturated heterocycles. The highest BCUT2D eigenvalue weighted by Crippen LogP contribution is 2.25. The highest BCUT2D eigenvalue weighted by molar-refractivity contribution is 6.30. The number of fused-ring (bicyclic) bond motifs is 1. The van der Waals surface area contributed by atoms with Crippen molar-refractivity contribution >= 4 is 22.6 Å². The van der Waals surface area contributed by atoms with Crippen LogP contribution in [0.3, 0.4) is 0 Å². The molecule has 4 heteroatoms. The predicted molar refractivity (Wildman–Crippen MR) is 75.8 cm³/mol. The molecule has 0 aliphatic heterocycles. The number of hydrogen-bond donors (Lipinski definition) is 0. The van der Waals surface area contributed by atoms with Gasteiger partial charge in [0.1, 0.15) is 11.4 Å². The number of ether oxygens (including phenoxy) is 1. The molecule has 0 unspecified atom stereocenters. The normalized spacial score (nSPS) is 10.6. The Morgan fingerprint density at radius 2 is 1.68 bits per heavy atom. The summed E-state index contributed by atoms with van der Waals surface area (Å²) in [5.74, 6) is 1.15. The molecule has 0 atom stereocenters. The van der Waals surface area contributed by atoms with Crippen LogP contribution >= 0.6 is 11.6 Å². The van der Waals surface area contributed by atoms with Gasteiger partial charge in [-0.25, -0.2) is 9.97 Å². The van der Waals surface area contributed by atoms with Gasteiger partial charge in [0.05, 0.1) is 11.0 Å². The van der Waals surface area contributed by atoms with Gasteiger partial charge in [-0.15, -0.1) is 0 Å². The fourth-order valence-electron chi connectivity index (χ4n) is 1.81. The lowest BCUT2D eigenvalue weighted by Gasteiger charge is -2.08. The molecule has 0 bridgehead atoms. The lowest BCUT2D eigenvalue weighted by atomic mass is 10.3. The van der Waals surface area contributed by atoms with Gasteiger partial charge >= 0.3 is 0 Å². The van der Waals surface area contributed by atoms with Crippen LogP contribution in [0, 0.1) is 6.92 Å². The molecule has 0 N–H and O–H groups in total. The Labute approximate surface area is 115 Å². The first kappa shape index (κ1) is 11.9. The minimum atomic E-state index is 0.501. The van der Waals surface area contributed by atoms with E-state index < -0.39 is 0 Å². The summed E-state index contributed by atoms with van der Waals surface area (Å²) in [7, 11) is 0. The van der Waals surface area contributed by atoms with Gasteiger partial charge in [0.25, 0.3) is 0 Å². The lowest BCUT2D eigenvalue weighted by molar-refractivity contribution is 0.458. The van der Waals surface area contributed by atoms with Crippen molar-refractivity contribution in [3.05, 3.63) is 59.2 Å². The summed E-state index contributed by atoms with van der Waals surface area (Å²) < 4.78 is 5.74. The zero-order chi connectivity index (χ0) is 13.2. The highest BCUT2D eigenvalue weighted by Gasteiger charge is 2.07. The van der Waals surface area contributed by atoms with E-state index in [0.717, 1.165) is 16.7 Å². The Morgan fingerprint density at radius 3 is 2.42 bits per heavy atom. The second-order valence-electron chi connectivity index (χ2n) is 4.16. The van der Waals surface area contributed by atoms with E-state index in [1.807, 2.05) is 43.3 Å². The summed E-state index contributed by atoms with van der Waals surface area (Å²) in [6.07, 6.45) is 0. The van der Waals surface area contributed by atoms with Crippen LogP contribution in [-0.4, -0.2) is 9.97 Å². The Balaban J connectivity index is 2.03. The van der Waals surface area contributed by atoms with Crippen molar-refractivity contribution in [2.24, 2.45) is 0 Å². The van der Waals surface area contributed by atoms with Crippen LogP contribution in [-0.2, 0) is 0 Å². The molecule has 0 fully saturated rings. The monoisotopic (exact) mass is 270 g/mol. The maximum atomic E-state index is 5.93. The Bertz CT molecular complexity index is 743. The van der Waals surface area contributed by atoms with Crippen LogP contribution in [0.15, 0.2) is 48.5 Å². The molecule has 0 spiro atoms. The van der Waals surface area contributed by atoms with Crippen LogP contribution in [0.5, 0.6) is 11.6 Å². The zero-order valence-corrected chi connectivity index (χ0v) is 11.1. The number of rotatable bonds is 2. The molecule has 19 heavy (non-hydrogen) atoms. The van der Waals surface area contributed by atoms with Gasteiger partial charge in [0.15, 0.2) is 0 Å². The Kier molecular flexibility index (Phi) is 3.05. The first-order chi connectivity index (χ1) is 9.22. The smallest absolute Gasteiger partial charge is 0.241 e.